The van der Waals surface area contributed by atoms with Crippen molar-refractivity contribution in [2.45, 2.75) is 45.4 Å². The Balaban J connectivity index is 1.57. The van der Waals surface area contributed by atoms with E-state index in [1.165, 1.54) is 54.4 Å². The van der Waals surface area contributed by atoms with E-state index in [0.29, 0.717) is 0 Å². The third kappa shape index (κ3) is 2.52. The zero-order valence-electron chi connectivity index (χ0n) is 12.9. The molecule has 2 aliphatic carbocycles. The molecule has 21 heavy (non-hydrogen) atoms. The molecular weight excluding hydrogens is 252 g/mol. The first-order valence-corrected chi connectivity index (χ1v) is 8.49. The van der Waals surface area contributed by atoms with Gasteiger partial charge in [-0.1, -0.05) is 62.2 Å². The summed E-state index contributed by atoms with van der Waals surface area (Å²) in [4.78, 5) is 0. The van der Waals surface area contributed by atoms with Crippen molar-refractivity contribution in [1.82, 2.24) is 0 Å². The standard InChI is InChI=1S/C21H24/c1-15-6-8-16(9-7-15)12-17-10-11-19-14-18-4-2-3-5-20(18)21(19)13-17/h2-5,10-11,13,15-16H,6-9,12,14H2,1H3. The minimum absolute atomic E-state index is 0.913. The molecule has 0 nitrogen and oxygen atoms in total. The Morgan fingerprint density at radius 1 is 0.857 bits per heavy atom. The second-order valence-corrected chi connectivity index (χ2v) is 7.16. The van der Waals surface area contributed by atoms with E-state index < -0.39 is 0 Å². The van der Waals surface area contributed by atoms with Gasteiger partial charge < -0.3 is 0 Å². The molecule has 0 bridgehead atoms. The van der Waals surface area contributed by atoms with Crippen LogP contribution in [0.4, 0.5) is 0 Å². The molecule has 0 heteroatoms. The SMILES string of the molecule is CC1CCC(Cc2ccc3c(c2)-c2ccccc2C3)CC1. The Kier molecular flexibility index (Phi) is 3.33. The molecule has 0 aromatic heterocycles. The van der Waals surface area contributed by atoms with Gasteiger partial charge in [0.05, 0.1) is 0 Å². The van der Waals surface area contributed by atoms with Crippen LogP contribution in [0.1, 0.15) is 49.3 Å². The maximum atomic E-state index is 2.47. The van der Waals surface area contributed by atoms with E-state index in [0.717, 1.165) is 18.3 Å². The number of fused-ring (bicyclic) bond motifs is 3. The van der Waals surface area contributed by atoms with Crippen molar-refractivity contribution in [3.05, 3.63) is 59.2 Å². The fourth-order valence-electron chi connectivity index (χ4n) is 4.16. The fourth-order valence-corrected chi connectivity index (χ4v) is 4.16. The van der Waals surface area contributed by atoms with Gasteiger partial charge in [0.2, 0.25) is 0 Å². The van der Waals surface area contributed by atoms with Crippen LogP contribution in [0, 0.1) is 11.8 Å². The Morgan fingerprint density at radius 3 is 2.48 bits per heavy atom. The number of hydrogen-bond donors (Lipinski definition) is 0. The van der Waals surface area contributed by atoms with Gasteiger partial charge in [-0.05, 0) is 65.3 Å². The van der Waals surface area contributed by atoms with Crippen LogP contribution in [0.5, 0.6) is 0 Å². The van der Waals surface area contributed by atoms with Crippen LogP contribution in [-0.4, -0.2) is 0 Å². The van der Waals surface area contributed by atoms with Crippen LogP contribution in [0.2, 0.25) is 0 Å². The molecule has 0 spiro atoms. The molecule has 0 radical (unpaired) electrons. The van der Waals surface area contributed by atoms with E-state index in [1.54, 1.807) is 5.56 Å². The highest BCUT2D eigenvalue weighted by Gasteiger charge is 2.21. The first-order valence-electron chi connectivity index (χ1n) is 8.49. The normalized spacial score (nSPS) is 23.7. The molecule has 0 aliphatic heterocycles. The van der Waals surface area contributed by atoms with E-state index in [4.69, 9.17) is 0 Å². The third-order valence-corrected chi connectivity index (χ3v) is 5.52. The average molecular weight is 276 g/mol. The van der Waals surface area contributed by atoms with Gasteiger partial charge in [0.1, 0.15) is 0 Å². The molecule has 2 aromatic rings. The largest absolute Gasteiger partial charge is 0.0625 e. The Labute approximate surface area is 128 Å². The summed E-state index contributed by atoms with van der Waals surface area (Å²) >= 11 is 0. The van der Waals surface area contributed by atoms with Gasteiger partial charge >= 0.3 is 0 Å². The monoisotopic (exact) mass is 276 g/mol. The molecule has 2 aliphatic rings. The number of benzene rings is 2. The lowest BCUT2D eigenvalue weighted by molar-refractivity contribution is 0.289. The highest BCUT2D eigenvalue weighted by atomic mass is 14.3. The zero-order chi connectivity index (χ0) is 14.2. The summed E-state index contributed by atoms with van der Waals surface area (Å²) in [6.45, 7) is 2.41. The zero-order valence-corrected chi connectivity index (χ0v) is 12.9. The van der Waals surface area contributed by atoms with E-state index in [-0.39, 0.29) is 0 Å². The van der Waals surface area contributed by atoms with E-state index in [2.05, 4.69) is 49.4 Å². The molecule has 4 rings (SSSR count). The lowest BCUT2D eigenvalue weighted by atomic mass is 9.80. The summed E-state index contributed by atoms with van der Waals surface area (Å²) in [5, 5.41) is 0. The summed E-state index contributed by atoms with van der Waals surface area (Å²) in [7, 11) is 0. The highest BCUT2D eigenvalue weighted by molar-refractivity contribution is 5.77. The first kappa shape index (κ1) is 13.1. The topological polar surface area (TPSA) is 0 Å². The quantitative estimate of drug-likeness (QED) is 0.569. The van der Waals surface area contributed by atoms with Crippen molar-refractivity contribution in [2.24, 2.45) is 11.8 Å². The predicted octanol–water partition coefficient (Wildman–Crippen LogP) is 5.63. The van der Waals surface area contributed by atoms with Crippen LogP contribution < -0.4 is 0 Å². The van der Waals surface area contributed by atoms with Crippen molar-refractivity contribution in [3.8, 4) is 11.1 Å². The molecule has 0 saturated heterocycles. The molecule has 0 unspecified atom stereocenters. The molecular formula is C21H24. The second-order valence-electron chi connectivity index (χ2n) is 7.16. The Morgan fingerprint density at radius 2 is 1.62 bits per heavy atom. The summed E-state index contributed by atoms with van der Waals surface area (Å²) in [6.07, 6.45) is 8.11. The summed E-state index contributed by atoms with van der Waals surface area (Å²) in [5.41, 5.74) is 7.51. The number of rotatable bonds is 2. The molecule has 0 amide bonds. The van der Waals surface area contributed by atoms with Crippen molar-refractivity contribution < 1.29 is 0 Å². The fraction of sp³-hybridized carbons (Fsp3) is 0.429. The molecule has 0 atom stereocenters. The maximum absolute atomic E-state index is 2.47. The average Bonchev–Trinajstić information content (AvgIpc) is 2.88. The Bertz CT molecular complexity index is 645. The lowest BCUT2D eigenvalue weighted by Crippen LogP contribution is -2.14. The summed E-state index contributed by atoms with van der Waals surface area (Å²) < 4.78 is 0. The van der Waals surface area contributed by atoms with Crippen LogP contribution in [-0.2, 0) is 12.8 Å². The third-order valence-electron chi connectivity index (χ3n) is 5.52. The van der Waals surface area contributed by atoms with Gasteiger partial charge in [-0.3, -0.25) is 0 Å². The van der Waals surface area contributed by atoms with Crippen LogP contribution in [0.15, 0.2) is 42.5 Å². The second kappa shape index (κ2) is 5.33. The van der Waals surface area contributed by atoms with Crippen molar-refractivity contribution >= 4 is 0 Å². The van der Waals surface area contributed by atoms with Gasteiger partial charge in [0.25, 0.3) is 0 Å². The van der Waals surface area contributed by atoms with Gasteiger partial charge in [-0.25, -0.2) is 0 Å². The smallest absolute Gasteiger partial charge is 0.00135 e. The van der Waals surface area contributed by atoms with Gasteiger partial charge in [-0.15, -0.1) is 0 Å². The maximum Gasteiger partial charge on any atom is -0.00135 e. The Hall–Kier alpha value is -1.56. The minimum atomic E-state index is 0.913. The molecule has 1 saturated carbocycles. The van der Waals surface area contributed by atoms with Crippen molar-refractivity contribution in [1.29, 1.82) is 0 Å². The van der Waals surface area contributed by atoms with Gasteiger partial charge in [-0.2, -0.15) is 0 Å². The summed E-state index contributed by atoms with van der Waals surface area (Å²) in [5.74, 6) is 1.86. The van der Waals surface area contributed by atoms with Crippen LogP contribution >= 0.6 is 0 Å². The molecule has 2 aromatic carbocycles. The van der Waals surface area contributed by atoms with E-state index >= 15 is 0 Å². The molecule has 0 N–H and O–H groups in total. The van der Waals surface area contributed by atoms with Crippen LogP contribution in [0.25, 0.3) is 11.1 Å². The first-order chi connectivity index (χ1) is 10.3. The van der Waals surface area contributed by atoms with E-state index in [9.17, 15) is 0 Å². The number of hydrogen-bond acceptors (Lipinski definition) is 0. The minimum Gasteiger partial charge on any atom is -0.0625 e. The van der Waals surface area contributed by atoms with Crippen LogP contribution in [0.3, 0.4) is 0 Å². The van der Waals surface area contributed by atoms with Gasteiger partial charge in [0, 0.05) is 0 Å². The predicted molar refractivity (Wildman–Crippen MR) is 89.5 cm³/mol. The summed E-state index contributed by atoms with van der Waals surface area (Å²) in [6, 6.07) is 16.1. The highest BCUT2D eigenvalue weighted by Crippen LogP contribution is 2.38. The van der Waals surface area contributed by atoms with Gasteiger partial charge in [0.15, 0.2) is 0 Å². The molecule has 0 heterocycles. The molecule has 1 fully saturated rings. The lowest BCUT2D eigenvalue weighted by Gasteiger charge is -2.26. The molecule has 108 valence electrons. The van der Waals surface area contributed by atoms with Crippen molar-refractivity contribution in [2.75, 3.05) is 0 Å². The van der Waals surface area contributed by atoms with Crippen molar-refractivity contribution in [3.63, 3.8) is 0 Å². The van der Waals surface area contributed by atoms with E-state index in [1.807, 2.05) is 0 Å².